The summed E-state index contributed by atoms with van der Waals surface area (Å²) in [5.41, 5.74) is 1.49. The average Bonchev–Trinajstić information content (AvgIpc) is 3.40. The van der Waals surface area contributed by atoms with E-state index in [1.807, 2.05) is 19.9 Å². The minimum absolute atomic E-state index is 0.148. The molecular formula is C24H31ClN2O7. The van der Waals surface area contributed by atoms with E-state index >= 15 is 0 Å². The number of ether oxygens (including phenoxy) is 3. The van der Waals surface area contributed by atoms with Crippen LogP contribution in [0.15, 0.2) is 17.9 Å². The average molecular weight is 495 g/mol. The van der Waals surface area contributed by atoms with Crippen LogP contribution in [-0.2, 0) is 28.7 Å². The Hall–Kier alpha value is -2.17. The van der Waals surface area contributed by atoms with Crippen molar-refractivity contribution in [1.29, 1.82) is 0 Å². The number of hydrogen-bond donors (Lipinski definition) is 0. The lowest BCUT2D eigenvalue weighted by molar-refractivity contribution is -0.291. The van der Waals surface area contributed by atoms with Gasteiger partial charge in [0.25, 0.3) is 5.91 Å². The molecule has 0 N–H and O–H groups in total. The highest BCUT2D eigenvalue weighted by atomic mass is 35.5. The molecule has 0 aliphatic carbocycles. The van der Waals surface area contributed by atoms with Gasteiger partial charge in [-0.2, -0.15) is 5.06 Å². The van der Waals surface area contributed by atoms with Crippen LogP contribution in [0.4, 0.5) is 4.79 Å². The van der Waals surface area contributed by atoms with Gasteiger partial charge in [-0.05, 0) is 68.9 Å². The van der Waals surface area contributed by atoms with Crippen LogP contribution in [0.2, 0.25) is 5.02 Å². The lowest BCUT2D eigenvalue weighted by atomic mass is 9.85. The highest BCUT2D eigenvalue weighted by molar-refractivity contribution is 6.31. The summed E-state index contributed by atoms with van der Waals surface area (Å²) in [6.07, 6.45) is 0.981. The van der Waals surface area contributed by atoms with E-state index < -0.39 is 18.0 Å². The van der Waals surface area contributed by atoms with Crippen LogP contribution in [-0.4, -0.2) is 67.4 Å². The summed E-state index contributed by atoms with van der Waals surface area (Å²) in [4.78, 5) is 38.1. The summed E-state index contributed by atoms with van der Waals surface area (Å²) in [5.74, 6) is -0.153. The van der Waals surface area contributed by atoms with Crippen LogP contribution in [0.1, 0.15) is 49.3 Å². The monoisotopic (exact) mass is 494 g/mol. The first kappa shape index (κ1) is 24.9. The zero-order chi connectivity index (χ0) is 24.5. The number of benzene rings is 1. The van der Waals surface area contributed by atoms with E-state index in [1.165, 1.54) is 5.06 Å². The molecule has 3 heterocycles. The van der Waals surface area contributed by atoms with Crippen molar-refractivity contribution in [3.05, 3.63) is 39.6 Å². The number of carbonyl (C=O) groups is 2. The quantitative estimate of drug-likeness (QED) is 0.545. The third-order valence-electron chi connectivity index (χ3n) is 6.58. The maximum absolute atomic E-state index is 14.0. The molecule has 1 unspecified atom stereocenters. The van der Waals surface area contributed by atoms with Crippen molar-refractivity contribution in [3.63, 3.8) is 0 Å². The SMILES string of the molecule is CCOC(=O)OC1=C(c2cc(C)c(Cl)cc2C)C(=O)N(OC2CCCO2)C12CCN(OC)CC2. The predicted octanol–water partition coefficient (Wildman–Crippen LogP) is 4.15. The standard InChI is InChI=1S/C24H31ClN2O7/c1-5-31-23(29)33-21-20(17-13-16(3)18(25)14-15(17)2)22(28)27(34-19-7-6-12-32-19)24(21)8-10-26(30-4)11-9-24/h13-14,19H,5-12H2,1-4H3. The smallest absolute Gasteiger partial charge is 0.434 e. The number of hydrogen-bond acceptors (Lipinski definition) is 8. The summed E-state index contributed by atoms with van der Waals surface area (Å²) in [6.45, 7) is 7.17. The Kier molecular flexibility index (Phi) is 7.49. The fourth-order valence-corrected chi connectivity index (χ4v) is 4.97. The molecule has 3 aliphatic heterocycles. The van der Waals surface area contributed by atoms with Gasteiger partial charge in [0.1, 0.15) is 5.54 Å². The summed E-state index contributed by atoms with van der Waals surface area (Å²) in [5, 5.41) is 3.76. The van der Waals surface area contributed by atoms with Crippen molar-refractivity contribution in [3.8, 4) is 0 Å². The normalized spacial score (nSPS) is 22.7. The molecule has 2 fully saturated rings. The van der Waals surface area contributed by atoms with Crippen LogP contribution >= 0.6 is 11.6 Å². The van der Waals surface area contributed by atoms with Crippen LogP contribution < -0.4 is 0 Å². The molecule has 34 heavy (non-hydrogen) atoms. The molecule has 1 spiro atoms. The fourth-order valence-electron chi connectivity index (χ4n) is 4.75. The lowest BCUT2D eigenvalue weighted by Gasteiger charge is -2.43. The van der Waals surface area contributed by atoms with E-state index in [0.717, 1.165) is 17.5 Å². The number of carbonyl (C=O) groups excluding carboxylic acids is 2. The summed E-state index contributed by atoms with van der Waals surface area (Å²) in [6, 6.07) is 3.64. The van der Waals surface area contributed by atoms with Crippen LogP contribution in [0.25, 0.3) is 5.57 Å². The molecule has 1 amide bonds. The maximum Gasteiger partial charge on any atom is 0.513 e. The number of nitrogens with zero attached hydrogens (tertiary/aromatic N) is 2. The van der Waals surface area contributed by atoms with Crippen molar-refractivity contribution in [2.45, 2.75) is 58.3 Å². The van der Waals surface area contributed by atoms with Crippen LogP contribution in [0, 0.1) is 13.8 Å². The highest BCUT2D eigenvalue weighted by Crippen LogP contribution is 2.48. The predicted molar refractivity (Wildman–Crippen MR) is 123 cm³/mol. The second-order valence-electron chi connectivity index (χ2n) is 8.70. The van der Waals surface area contributed by atoms with Gasteiger partial charge in [-0.15, -0.1) is 0 Å². The molecule has 10 heteroatoms. The molecule has 1 atom stereocenters. The molecular weight excluding hydrogens is 464 g/mol. The number of piperidine rings is 1. The number of hydroxylamine groups is 4. The molecule has 3 aliphatic rings. The zero-order valence-corrected chi connectivity index (χ0v) is 20.8. The highest BCUT2D eigenvalue weighted by Gasteiger charge is 2.58. The van der Waals surface area contributed by atoms with E-state index in [1.54, 1.807) is 25.2 Å². The van der Waals surface area contributed by atoms with Crippen molar-refractivity contribution < 1.29 is 33.5 Å². The summed E-state index contributed by atoms with van der Waals surface area (Å²) >= 11 is 6.33. The van der Waals surface area contributed by atoms with E-state index in [-0.39, 0.29) is 23.8 Å². The minimum atomic E-state index is -1.01. The van der Waals surface area contributed by atoms with Gasteiger partial charge >= 0.3 is 6.16 Å². The molecule has 0 saturated carbocycles. The molecule has 4 rings (SSSR count). The van der Waals surface area contributed by atoms with Crippen LogP contribution in [0.3, 0.4) is 0 Å². The Balaban J connectivity index is 1.85. The van der Waals surface area contributed by atoms with E-state index in [4.69, 9.17) is 35.5 Å². The van der Waals surface area contributed by atoms with E-state index in [2.05, 4.69) is 0 Å². The first-order chi connectivity index (χ1) is 16.3. The molecule has 1 aromatic rings. The molecule has 186 valence electrons. The second kappa shape index (κ2) is 10.2. The van der Waals surface area contributed by atoms with E-state index in [0.29, 0.717) is 49.5 Å². The van der Waals surface area contributed by atoms with Crippen molar-refractivity contribution in [2.75, 3.05) is 33.4 Å². The van der Waals surface area contributed by atoms with Gasteiger partial charge in [-0.25, -0.2) is 14.7 Å². The van der Waals surface area contributed by atoms with Crippen molar-refractivity contribution in [1.82, 2.24) is 10.1 Å². The topological polar surface area (TPSA) is 86.8 Å². The third-order valence-corrected chi connectivity index (χ3v) is 6.99. The first-order valence-corrected chi connectivity index (χ1v) is 12.0. The summed E-state index contributed by atoms with van der Waals surface area (Å²) in [7, 11) is 1.61. The van der Waals surface area contributed by atoms with Gasteiger partial charge in [0.2, 0.25) is 0 Å². The molecule has 1 aromatic carbocycles. The zero-order valence-electron chi connectivity index (χ0n) is 20.0. The number of aryl methyl sites for hydroxylation is 2. The Morgan fingerprint density at radius 1 is 1.24 bits per heavy atom. The third kappa shape index (κ3) is 4.55. The van der Waals surface area contributed by atoms with Gasteiger partial charge < -0.3 is 19.0 Å². The number of halogens is 1. The summed E-state index contributed by atoms with van der Waals surface area (Å²) < 4.78 is 16.6. The lowest BCUT2D eigenvalue weighted by Crippen LogP contribution is -2.56. The molecule has 0 aromatic heterocycles. The Bertz CT molecular complexity index is 982. The number of rotatable bonds is 6. The first-order valence-electron chi connectivity index (χ1n) is 11.6. The Labute approximate surface area is 204 Å². The van der Waals surface area contributed by atoms with Gasteiger partial charge in [0.05, 0.1) is 25.9 Å². The molecule has 0 radical (unpaired) electrons. The fraction of sp³-hybridized carbons (Fsp3) is 0.583. The van der Waals surface area contributed by atoms with Gasteiger partial charge in [0, 0.05) is 24.5 Å². The molecule has 2 saturated heterocycles. The van der Waals surface area contributed by atoms with Gasteiger partial charge in [-0.1, -0.05) is 11.6 Å². The number of amides is 1. The second-order valence-corrected chi connectivity index (χ2v) is 9.10. The molecule has 0 bridgehead atoms. The molecule has 9 nitrogen and oxygen atoms in total. The Morgan fingerprint density at radius 2 is 1.97 bits per heavy atom. The van der Waals surface area contributed by atoms with Gasteiger partial charge in [-0.3, -0.25) is 4.79 Å². The van der Waals surface area contributed by atoms with Crippen molar-refractivity contribution in [2.24, 2.45) is 0 Å². The van der Waals surface area contributed by atoms with Crippen molar-refractivity contribution >= 4 is 29.2 Å². The van der Waals surface area contributed by atoms with Gasteiger partial charge in [0.15, 0.2) is 12.0 Å². The largest absolute Gasteiger partial charge is 0.513 e. The maximum atomic E-state index is 14.0. The minimum Gasteiger partial charge on any atom is -0.434 e. The Morgan fingerprint density at radius 3 is 2.59 bits per heavy atom. The van der Waals surface area contributed by atoms with E-state index in [9.17, 15) is 9.59 Å². The van der Waals surface area contributed by atoms with Crippen LogP contribution in [0.5, 0.6) is 0 Å².